The minimum Gasteiger partial charge on any atom is -0.481 e. The normalized spacial score (nSPS) is 13.7. The summed E-state index contributed by atoms with van der Waals surface area (Å²) in [5.74, 6) is -2.36. The molecule has 2 aromatic rings. The molecule has 0 aromatic heterocycles. The number of carbonyl (C=O) groups is 3. The summed E-state index contributed by atoms with van der Waals surface area (Å²) in [5, 5.41) is 20.7. The van der Waals surface area contributed by atoms with E-state index in [4.69, 9.17) is 10.00 Å². The van der Waals surface area contributed by atoms with E-state index >= 15 is 0 Å². The van der Waals surface area contributed by atoms with Crippen LogP contribution in [0.2, 0.25) is 0 Å². The van der Waals surface area contributed by atoms with Gasteiger partial charge in [0.05, 0.1) is 18.4 Å². The van der Waals surface area contributed by atoms with Gasteiger partial charge in [0.15, 0.2) is 0 Å². The van der Waals surface area contributed by atoms with Gasteiger partial charge in [0.2, 0.25) is 5.91 Å². The van der Waals surface area contributed by atoms with Crippen molar-refractivity contribution >= 4 is 18.0 Å². The third kappa shape index (κ3) is 5.50. The summed E-state index contributed by atoms with van der Waals surface area (Å²) in [6.07, 6.45) is -1.44. The van der Waals surface area contributed by atoms with Gasteiger partial charge in [0.25, 0.3) is 0 Å². The number of nitrogens with zero attached hydrogens (tertiary/aromatic N) is 2. The van der Waals surface area contributed by atoms with Crippen molar-refractivity contribution < 1.29 is 24.2 Å². The molecular formula is C25H27N3O5. The number of nitriles is 1. The Kier molecular flexibility index (Phi) is 7.67. The standard InChI is InChI=1S/C25H27N3O5/c1-3-28(14-16(2)13-26)24(31)22(12-23(29)30)27-25(32)33-15-21-19-10-6-4-8-17(19)18-9-5-7-11-20(18)21/h4-11,16,21-22H,3,12,14-15H2,1-2H3,(H,27,32)(H,29,30). The van der Waals surface area contributed by atoms with Crippen molar-refractivity contribution in [1.82, 2.24) is 10.2 Å². The molecule has 0 radical (unpaired) electrons. The summed E-state index contributed by atoms with van der Waals surface area (Å²) in [4.78, 5) is 38.1. The van der Waals surface area contributed by atoms with Crippen LogP contribution >= 0.6 is 0 Å². The second-order valence-corrected chi connectivity index (χ2v) is 8.03. The van der Waals surface area contributed by atoms with Gasteiger partial charge in [-0.2, -0.15) is 5.26 Å². The molecule has 0 fully saturated rings. The number of alkyl carbamates (subject to hydrolysis) is 1. The maximum Gasteiger partial charge on any atom is 0.407 e. The Balaban J connectivity index is 1.69. The molecule has 8 heteroatoms. The Morgan fingerprint density at radius 2 is 1.70 bits per heavy atom. The Bertz CT molecular complexity index is 1030. The lowest BCUT2D eigenvalue weighted by Gasteiger charge is -2.27. The quantitative estimate of drug-likeness (QED) is 0.606. The van der Waals surface area contributed by atoms with Crippen LogP contribution in [0.5, 0.6) is 0 Å². The molecule has 0 saturated heterocycles. The second kappa shape index (κ2) is 10.6. The molecule has 0 bridgehead atoms. The Hall–Kier alpha value is -3.86. The van der Waals surface area contributed by atoms with Gasteiger partial charge in [-0.3, -0.25) is 9.59 Å². The first-order chi connectivity index (χ1) is 15.8. The van der Waals surface area contributed by atoms with Crippen LogP contribution in [0.3, 0.4) is 0 Å². The molecule has 0 saturated carbocycles. The number of likely N-dealkylation sites (N-methyl/N-ethyl adjacent to an activating group) is 1. The number of fused-ring (bicyclic) bond motifs is 3. The fourth-order valence-corrected chi connectivity index (χ4v) is 4.12. The number of nitrogens with one attached hydrogen (secondary N) is 1. The van der Waals surface area contributed by atoms with Crippen LogP contribution in [-0.4, -0.2) is 53.7 Å². The molecule has 2 aromatic carbocycles. The van der Waals surface area contributed by atoms with Gasteiger partial charge in [0, 0.05) is 19.0 Å². The zero-order valence-corrected chi connectivity index (χ0v) is 18.7. The average Bonchev–Trinajstić information content (AvgIpc) is 3.13. The topological polar surface area (TPSA) is 120 Å². The van der Waals surface area contributed by atoms with Gasteiger partial charge >= 0.3 is 12.1 Å². The lowest BCUT2D eigenvalue weighted by Crippen LogP contribution is -2.50. The molecule has 0 aliphatic heterocycles. The number of ether oxygens (including phenoxy) is 1. The Morgan fingerprint density at radius 1 is 1.12 bits per heavy atom. The van der Waals surface area contributed by atoms with Crippen LogP contribution in [0.25, 0.3) is 11.1 Å². The number of carbonyl (C=O) groups excluding carboxylic acids is 2. The molecule has 0 spiro atoms. The van der Waals surface area contributed by atoms with Crippen LogP contribution in [-0.2, 0) is 14.3 Å². The van der Waals surface area contributed by atoms with Gasteiger partial charge in [-0.05, 0) is 36.1 Å². The van der Waals surface area contributed by atoms with Gasteiger partial charge < -0.3 is 20.1 Å². The van der Waals surface area contributed by atoms with E-state index in [1.54, 1.807) is 13.8 Å². The molecular weight excluding hydrogens is 422 g/mol. The van der Waals surface area contributed by atoms with E-state index < -0.39 is 36.4 Å². The van der Waals surface area contributed by atoms with E-state index in [0.717, 1.165) is 22.3 Å². The highest BCUT2D eigenvalue weighted by Gasteiger charge is 2.31. The smallest absolute Gasteiger partial charge is 0.407 e. The summed E-state index contributed by atoms with van der Waals surface area (Å²) in [7, 11) is 0. The minimum atomic E-state index is -1.29. The van der Waals surface area contributed by atoms with E-state index in [9.17, 15) is 19.5 Å². The maximum atomic E-state index is 12.9. The Morgan fingerprint density at radius 3 is 2.21 bits per heavy atom. The van der Waals surface area contributed by atoms with Crippen molar-refractivity contribution in [2.45, 2.75) is 32.2 Å². The molecule has 2 unspecified atom stereocenters. The van der Waals surface area contributed by atoms with Gasteiger partial charge in [-0.25, -0.2) is 4.79 Å². The van der Waals surface area contributed by atoms with Crippen molar-refractivity contribution in [2.75, 3.05) is 19.7 Å². The van der Waals surface area contributed by atoms with Crippen LogP contribution in [0.4, 0.5) is 4.79 Å². The van der Waals surface area contributed by atoms with Crippen LogP contribution in [0, 0.1) is 17.2 Å². The highest BCUT2D eigenvalue weighted by atomic mass is 16.5. The third-order valence-electron chi connectivity index (χ3n) is 5.72. The molecule has 1 aliphatic carbocycles. The number of rotatable bonds is 9. The molecule has 2 atom stereocenters. The lowest BCUT2D eigenvalue weighted by atomic mass is 9.98. The summed E-state index contributed by atoms with van der Waals surface area (Å²) < 4.78 is 5.45. The summed E-state index contributed by atoms with van der Waals surface area (Å²) in [6.45, 7) is 3.88. The molecule has 2 amide bonds. The third-order valence-corrected chi connectivity index (χ3v) is 5.72. The van der Waals surface area contributed by atoms with E-state index in [0.29, 0.717) is 0 Å². The first-order valence-electron chi connectivity index (χ1n) is 10.9. The summed E-state index contributed by atoms with van der Waals surface area (Å²) >= 11 is 0. The summed E-state index contributed by atoms with van der Waals surface area (Å²) in [5.41, 5.74) is 4.28. The molecule has 1 aliphatic rings. The number of amides is 2. The molecule has 2 N–H and O–H groups in total. The number of benzene rings is 2. The average molecular weight is 450 g/mol. The van der Waals surface area contributed by atoms with Crippen LogP contribution in [0.15, 0.2) is 48.5 Å². The maximum absolute atomic E-state index is 12.9. The molecule has 33 heavy (non-hydrogen) atoms. The van der Waals surface area contributed by atoms with Crippen molar-refractivity contribution in [3.05, 3.63) is 59.7 Å². The van der Waals surface area contributed by atoms with Gasteiger partial charge in [-0.15, -0.1) is 0 Å². The first-order valence-corrected chi connectivity index (χ1v) is 10.9. The fourth-order valence-electron chi connectivity index (χ4n) is 4.12. The van der Waals surface area contributed by atoms with Crippen LogP contribution in [0.1, 0.15) is 37.3 Å². The van der Waals surface area contributed by atoms with Crippen molar-refractivity contribution in [3.63, 3.8) is 0 Å². The predicted molar refractivity (Wildman–Crippen MR) is 121 cm³/mol. The van der Waals surface area contributed by atoms with E-state index in [1.165, 1.54) is 4.90 Å². The number of carboxylic acids is 1. The van der Waals surface area contributed by atoms with Crippen LogP contribution < -0.4 is 5.32 Å². The van der Waals surface area contributed by atoms with E-state index in [1.807, 2.05) is 48.5 Å². The van der Waals surface area contributed by atoms with Crippen molar-refractivity contribution in [1.29, 1.82) is 5.26 Å². The number of aliphatic carboxylic acids is 1. The SMILES string of the molecule is CCN(CC(C)C#N)C(=O)C(CC(=O)O)NC(=O)OCC1c2ccccc2-c2ccccc21. The van der Waals surface area contributed by atoms with Crippen molar-refractivity contribution in [3.8, 4) is 17.2 Å². The van der Waals surface area contributed by atoms with Gasteiger partial charge in [-0.1, -0.05) is 48.5 Å². The second-order valence-electron chi connectivity index (χ2n) is 8.03. The minimum absolute atomic E-state index is 0.0524. The fraction of sp³-hybridized carbons (Fsp3) is 0.360. The molecule has 8 nitrogen and oxygen atoms in total. The van der Waals surface area contributed by atoms with E-state index in [-0.39, 0.29) is 25.6 Å². The Labute approximate surface area is 192 Å². The van der Waals surface area contributed by atoms with Crippen molar-refractivity contribution in [2.24, 2.45) is 5.92 Å². The zero-order chi connectivity index (χ0) is 24.0. The highest BCUT2D eigenvalue weighted by molar-refractivity contribution is 5.89. The number of hydrogen-bond acceptors (Lipinski definition) is 5. The first kappa shape index (κ1) is 23.8. The van der Waals surface area contributed by atoms with E-state index in [2.05, 4.69) is 11.4 Å². The molecule has 172 valence electrons. The monoisotopic (exact) mass is 449 g/mol. The largest absolute Gasteiger partial charge is 0.481 e. The molecule has 3 rings (SSSR count). The zero-order valence-electron chi connectivity index (χ0n) is 18.7. The highest BCUT2D eigenvalue weighted by Crippen LogP contribution is 2.44. The summed E-state index contributed by atoms with van der Waals surface area (Å²) in [6, 6.07) is 16.6. The predicted octanol–water partition coefficient (Wildman–Crippen LogP) is 3.38. The van der Waals surface area contributed by atoms with Gasteiger partial charge in [0.1, 0.15) is 12.6 Å². The number of carboxylic acid groups (broad SMARTS) is 1. The number of hydrogen-bond donors (Lipinski definition) is 2. The lowest BCUT2D eigenvalue weighted by molar-refractivity contribution is -0.142. The molecule has 0 heterocycles.